The van der Waals surface area contributed by atoms with Crippen LogP contribution < -0.4 is 5.73 Å². The van der Waals surface area contributed by atoms with Gasteiger partial charge in [0.15, 0.2) is 0 Å². The Morgan fingerprint density at radius 1 is 1.33 bits per heavy atom. The first-order valence-electron chi connectivity index (χ1n) is 5.10. The van der Waals surface area contributed by atoms with E-state index in [1.807, 2.05) is 4.90 Å². The smallest absolute Gasteiger partial charge is 0.241 e. The first-order valence-corrected chi connectivity index (χ1v) is 5.48. The van der Waals surface area contributed by atoms with Crippen molar-refractivity contribution in [2.75, 3.05) is 13.1 Å². The summed E-state index contributed by atoms with van der Waals surface area (Å²) < 4.78 is 0. The van der Waals surface area contributed by atoms with E-state index in [4.69, 9.17) is 17.3 Å². The second kappa shape index (κ2) is 4.49. The minimum Gasteiger partial charge on any atom is -0.369 e. The van der Waals surface area contributed by atoms with E-state index in [0.29, 0.717) is 25.9 Å². The lowest BCUT2D eigenvalue weighted by Gasteiger charge is -2.39. The number of nitrogens with zero attached hydrogens (tertiary/aromatic N) is 1. The fraction of sp³-hybridized carbons (Fsp3) is 0.800. The lowest BCUT2D eigenvalue weighted by Crippen LogP contribution is -2.52. The number of carbonyl (C=O) groups is 2. The Balaban J connectivity index is 2.57. The molecular formula is C10H17ClN2O2. The maximum atomic E-state index is 11.2. The molecule has 1 aliphatic heterocycles. The highest BCUT2D eigenvalue weighted by atomic mass is 35.5. The molecular weight excluding hydrogens is 216 g/mol. The lowest BCUT2D eigenvalue weighted by atomic mass is 9.92. The molecule has 0 aromatic heterocycles. The summed E-state index contributed by atoms with van der Waals surface area (Å²) in [7, 11) is 0. The molecule has 0 aliphatic carbocycles. The third-order valence-corrected chi connectivity index (χ3v) is 3.63. The van der Waals surface area contributed by atoms with Gasteiger partial charge in [0.2, 0.25) is 11.1 Å². The standard InChI is InChI=1S/C10H17ClN2O2/c1-10(2,9(11)15)13-5-3-7(4-6-13)8(12)14/h7H,3-6H2,1-2H3,(H2,12,14). The Kier molecular flexibility index (Phi) is 3.73. The monoisotopic (exact) mass is 232 g/mol. The van der Waals surface area contributed by atoms with Crippen molar-refractivity contribution in [2.24, 2.45) is 11.7 Å². The molecule has 1 rings (SSSR count). The van der Waals surface area contributed by atoms with Crippen LogP contribution in [0.2, 0.25) is 0 Å². The molecule has 0 atom stereocenters. The SMILES string of the molecule is CC(C)(C(=O)Cl)N1CCC(C(N)=O)CC1. The van der Waals surface area contributed by atoms with E-state index < -0.39 is 5.54 Å². The van der Waals surface area contributed by atoms with Crippen LogP contribution in [0.4, 0.5) is 0 Å². The van der Waals surface area contributed by atoms with E-state index in [1.54, 1.807) is 13.8 Å². The minimum absolute atomic E-state index is 0.0533. The number of amides is 1. The summed E-state index contributed by atoms with van der Waals surface area (Å²) in [6.45, 7) is 4.98. The van der Waals surface area contributed by atoms with Crippen molar-refractivity contribution in [2.45, 2.75) is 32.2 Å². The van der Waals surface area contributed by atoms with E-state index in [0.717, 1.165) is 0 Å². The van der Waals surface area contributed by atoms with Crippen molar-refractivity contribution in [1.29, 1.82) is 0 Å². The van der Waals surface area contributed by atoms with Crippen LogP contribution in [0.5, 0.6) is 0 Å². The van der Waals surface area contributed by atoms with E-state index in [-0.39, 0.29) is 17.1 Å². The van der Waals surface area contributed by atoms with Crippen molar-refractivity contribution >= 4 is 22.8 Å². The quantitative estimate of drug-likeness (QED) is 0.730. The van der Waals surface area contributed by atoms with E-state index in [9.17, 15) is 9.59 Å². The number of piperidine rings is 1. The zero-order valence-electron chi connectivity index (χ0n) is 9.12. The lowest BCUT2D eigenvalue weighted by molar-refractivity contribution is -0.125. The van der Waals surface area contributed by atoms with Crippen LogP contribution in [0, 0.1) is 5.92 Å². The van der Waals surface area contributed by atoms with Crippen LogP contribution in [-0.4, -0.2) is 34.7 Å². The van der Waals surface area contributed by atoms with Crippen LogP contribution in [0.15, 0.2) is 0 Å². The van der Waals surface area contributed by atoms with Gasteiger partial charge in [0, 0.05) is 5.92 Å². The number of hydrogen-bond donors (Lipinski definition) is 1. The second-order valence-corrected chi connectivity index (χ2v) is 4.84. The normalized spacial score (nSPS) is 20.2. The second-order valence-electron chi connectivity index (χ2n) is 4.50. The Hall–Kier alpha value is -0.610. The van der Waals surface area contributed by atoms with Crippen molar-refractivity contribution in [1.82, 2.24) is 4.90 Å². The zero-order chi connectivity index (χ0) is 11.6. The van der Waals surface area contributed by atoms with Gasteiger partial charge < -0.3 is 5.73 Å². The molecule has 0 unspecified atom stereocenters. The molecule has 0 aromatic rings. The topological polar surface area (TPSA) is 63.4 Å². The van der Waals surface area contributed by atoms with Gasteiger partial charge in [-0.1, -0.05) is 0 Å². The molecule has 1 aliphatic rings. The first-order chi connectivity index (χ1) is 6.85. The van der Waals surface area contributed by atoms with E-state index >= 15 is 0 Å². The number of halogens is 1. The van der Waals surface area contributed by atoms with Crippen LogP contribution in [0.25, 0.3) is 0 Å². The average Bonchev–Trinajstić information content (AvgIpc) is 2.17. The van der Waals surface area contributed by atoms with Crippen LogP contribution in [-0.2, 0) is 9.59 Å². The summed E-state index contributed by atoms with van der Waals surface area (Å²) in [5.41, 5.74) is 4.58. The molecule has 0 aromatic carbocycles. The number of carbonyl (C=O) groups excluding carboxylic acids is 2. The highest BCUT2D eigenvalue weighted by Crippen LogP contribution is 2.25. The van der Waals surface area contributed by atoms with E-state index in [1.165, 1.54) is 0 Å². The molecule has 0 saturated carbocycles. The summed E-state index contributed by atoms with van der Waals surface area (Å²) in [5.74, 6) is -0.299. The molecule has 5 heteroatoms. The maximum Gasteiger partial charge on any atom is 0.241 e. The molecule has 0 spiro atoms. The van der Waals surface area contributed by atoms with Gasteiger partial charge in [0.1, 0.15) is 0 Å². The van der Waals surface area contributed by atoms with Gasteiger partial charge in [-0.3, -0.25) is 14.5 Å². The largest absolute Gasteiger partial charge is 0.369 e. The molecule has 0 bridgehead atoms. The Bertz CT molecular complexity index is 271. The predicted molar refractivity (Wildman–Crippen MR) is 58.4 cm³/mol. The summed E-state index contributed by atoms with van der Waals surface area (Å²) in [6, 6.07) is 0. The highest BCUT2D eigenvalue weighted by Gasteiger charge is 2.36. The Morgan fingerprint density at radius 2 is 1.80 bits per heavy atom. The molecule has 86 valence electrons. The average molecular weight is 233 g/mol. The number of likely N-dealkylation sites (tertiary alicyclic amines) is 1. The van der Waals surface area contributed by atoms with Crippen LogP contribution >= 0.6 is 11.6 Å². The fourth-order valence-corrected chi connectivity index (χ4v) is 1.97. The molecule has 1 heterocycles. The third kappa shape index (κ3) is 2.69. The molecule has 15 heavy (non-hydrogen) atoms. The number of primary amides is 1. The summed E-state index contributed by atoms with van der Waals surface area (Å²) in [6.07, 6.45) is 1.42. The third-order valence-electron chi connectivity index (χ3n) is 3.17. The van der Waals surface area contributed by atoms with Crippen molar-refractivity contribution in [3.63, 3.8) is 0 Å². The number of nitrogens with two attached hydrogens (primary N) is 1. The molecule has 4 nitrogen and oxygen atoms in total. The molecule has 2 N–H and O–H groups in total. The van der Waals surface area contributed by atoms with Crippen molar-refractivity contribution in [3.05, 3.63) is 0 Å². The summed E-state index contributed by atoms with van der Waals surface area (Å²) in [4.78, 5) is 24.2. The molecule has 1 amide bonds. The van der Waals surface area contributed by atoms with Gasteiger partial charge in [-0.15, -0.1) is 0 Å². The van der Waals surface area contributed by atoms with Crippen LogP contribution in [0.1, 0.15) is 26.7 Å². The van der Waals surface area contributed by atoms with Gasteiger partial charge in [-0.2, -0.15) is 0 Å². The van der Waals surface area contributed by atoms with E-state index in [2.05, 4.69) is 0 Å². The van der Waals surface area contributed by atoms with Gasteiger partial charge in [-0.25, -0.2) is 0 Å². The Morgan fingerprint density at radius 3 is 2.13 bits per heavy atom. The molecule has 1 saturated heterocycles. The number of hydrogen-bond acceptors (Lipinski definition) is 3. The van der Waals surface area contributed by atoms with Crippen molar-refractivity contribution in [3.8, 4) is 0 Å². The van der Waals surface area contributed by atoms with Crippen molar-refractivity contribution < 1.29 is 9.59 Å². The zero-order valence-corrected chi connectivity index (χ0v) is 9.88. The predicted octanol–water partition coefficient (Wildman–Crippen LogP) is 0.728. The van der Waals surface area contributed by atoms with Gasteiger partial charge in [0.05, 0.1) is 5.54 Å². The Labute approximate surface area is 94.7 Å². The molecule has 0 radical (unpaired) electrons. The minimum atomic E-state index is -0.649. The summed E-state index contributed by atoms with van der Waals surface area (Å²) >= 11 is 5.53. The maximum absolute atomic E-state index is 11.2. The summed E-state index contributed by atoms with van der Waals surface area (Å²) in [5, 5.41) is -0.361. The molecule has 1 fully saturated rings. The fourth-order valence-electron chi connectivity index (χ4n) is 1.85. The van der Waals surface area contributed by atoms with Crippen LogP contribution in [0.3, 0.4) is 0 Å². The first kappa shape index (κ1) is 12.5. The number of rotatable bonds is 3. The van der Waals surface area contributed by atoms with Gasteiger partial charge >= 0.3 is 0 Å². The highest BCUT2D eigenvalue weighted by molar-refractivity contribution is 6.65. The van der Waals surface area contributed by atoms with Gasteiger partial charge in [-0.05, 0) is 51.4 Å². The van der Waals surface area contributed by atoms with Gasteiger partial charge in [0.25, 0.3) is 0 Å².